The minimum atomic E-state index is -1.22. The number of nitrogens with zero attached hydrogens (tertiary/aromatic N) is 3. The highest BCUT2D eigenvalue weighted by Crippen LogP contribution is 2.38. The van der Waals surface area contributed by atoms with Crippen molar-refractivity contribution in [2.24, 2.45) is 10.1 Å². The number of phenols is 2. The Hall–Kier alpha value is -4.99. The van der Waals surface area contributed by atoms with E-state index in [0.29, 0.717) is 11.1 Å². The summed E-state index contributed by atoms with van der Waals surface area (Å²) in [5, 5.41) is 36.4. The van der Waals surface area contributed by atoms with Crippen molar-refractivity contribution in [1.29, 1.82) is 0 Å². The minimum Gasteiger partial charge on any atom is -0.508 e. The van der Waals surface area contributed by atoms with Crippen molar-refractivity contribution < 1.29 is 24.9 Å². The van der Waals surface area contributed by atoms with Gasteiger partial charge >= 0.3 is 5.97 Å². The first kappa shape index (κ1) is 24.7. The summed E-state index contributed by atoms with van der Waals surface area (Å²) in [4.78, 5) is 22.1. The van der Waals surface area contributed by atoms with Gasteiger partial charge in [0.1, 0.15) is 11.8 Å². The SMILES string of the molecule is COc1cc(/C=N/C2=NNC(C)(c3ccccc3O)N2C(Cc2c[nH]c3ccccc23)C(=O)O)ccc1O. The van der Waals surface area contributed by atoms with Gasteiger partial charge in [-0.25, -0.2) is 9.79 Å². The Morgan fingerprint density at radius 1 is 1.13 bits per heavy atom. The van der Waals surface area contributed by atoms with Gasteiger partial charge in [-0.3, -0.25) is 10.3 Å². The largest absolute Gasteiger partial charge is 0.508 e. The Balaban J connectivity index is 1.58. The van der Waals surface area contributed by atoms with Crippen molar-refractivity contribution in [2.75, 3.05) is 7.11 Å². The number of guanidine groups is 1. The van der Waals surface area contributed by atoms with E-state index in [0.717, 1.165) is 16.5 Å². The molecule has 0 amide bonds. The molecule has 0 saturated carbocycles. The zero-order valence-corrected chi connectivity index (χ0v) is 20.8. The molecule has 2 unspecified atom stereocenters. The van der Waals surface area contributed by atoms with Gasteiger partial charge in [-0.1, -0.05) is 36.4 Å². The molecule has 0 spiro atoms. The number of aliphatic carboxylic acids is 1. The van der Waals surface area contributed by atoms with E-state index in [1.54, 1.807) is 48.2 Å². The third-order valence-electron chi connectivity index (χ3n) is 6.72. The Bertz CT molecular complexity index is 1560. The number of nitrogens with one attached hydrogen (secondary N) is 2. The van der Waals surface area contributed by atoms with Crippen molar-refractivity contribution in [2.45, 2.75) is 25.0 Å². The van der Waals surface area contributed by atoms with E-state index in [1.165, 1.54) is 19.4 Å². The van der Waals surface area contributed by atoms with Gasteiger partial charge in [-0.2, -0.15) is 0 Å². The second-order valence-electron chi connectivity index (χ2n) is 9.09. The molecule has 194 valence electrons. The monoisotopic (exact) mass is 513 g/mol. The van der Waals surface area contributed by atoms with Crippen LogP contribution < -0.4 is 10.2 Å². The minimum absolute atomic E-state index is 0.00701. The summed E-state index contributed by atoms with van der Waals surface area (Å²) in [5.41, 5.74) is 4.59. The van der Waals surface area contributed by atoms with Crippen LogP contribution in [0.2, 0.25) is 0 Å². The number of fused-ring (bicyclic) bond motifs is 1. The molecule has 0 fully saturated rings. The maximum Gasteiger partial charge on any atom is 0.326 e. The van der Waals surface area contributed by atoms with E-state index < -0.39 is 17.7 Å². The molecule has 2 heterocycles. The number of phenolic OH excluding ortho intramolecular Hbond substituents is 2. The van der Waals surface area contributed by atoms with Gasteiger partial charge < -0.3 is 25.0 Å². The number of hydrogen-bond donors (Lipinski definition) is 5. The molecule has 2 atom stereocenters. The summed E-state index contributed by atoms with van der Waals surface area (Å²) in [7, 11) is 1.45. The fourth-order valence-corrected chi connectivity index (χ4v) is 4.79. The molecule has 10 heteroatoms. The summed E-state index contributed by atoms with van der Waals surface area (Å²) in [6.45, 7) is 1.75. The molecule has 1 aliphatic rings. The number of aliphatic imine (C=N–C) groups is 1. The number of aromatic hydroxyl groups is 2. The number of para-hydroxylation sites is 2. The number of aromatic amines is 1. The number of H-pyrrole nitrogens is 1. The molecule has 1 aromatic heterocycles. The molecule has 10 nitrogen and oxygen atoms in total. The predicted molar refractivity (Wildman–Crippen MR) is 144 cm³/mol. The second kappa shape index (κ2) is 9.81. The Morgan fingerprint density at radius 3 is 2.66 bits per heavy atom. The van der Waals surface area contributed by atoms with Crippen molar-refractivity contribution in [3.05, 3.63) is 89.6 Å². The van der Waals surface area contributed by atoms with E-state index in [4.69, 9.17) is 4.74 Å². The molecule has 0 radical (unpaired) electrons. The van der Waals surface area contributed by atoms with Crippen LogP contribution in [0.25, 0.3) is 10.9 Å². The Labute approximate surface area is 218 Å². The van der Waals surface area contributed by atoms with E-state index >= 15 is 0 Å². The first-order valence-corrected chi connectivity index (χ1v) is 11.9. The van der Waals surface area contributed by atoms with Crippen LogP contribution in [0.4, 0.5) is 0 Å². The highest BCUT2D eigenvalue weighted by molar-refractivity contribution is 5.97. The van der Waals surface area contributed by atoms with E-state index in [2.05, 4.69) is 20.5 Å². The van der Waals surface area contributed by atoms with Crippen LogP contribution >= 0.6 is 0 Å². The van der Waals surface area contributed by atoms with Gasteiger partial charge in [-0.05, 0) is 48.4 Å². The number of methoxy groups -OCH3 is 1. The van der Waals surface area contributed by atoms with Gasteiger partial charge in [0.25, 0.3) is 0 Å². The standard InChI is InChI=1S/C28H27N5O5/c1-28(20-8-4-6-10-23(20)34)32-31-27(30-15-17-11-12-24(35)25(13-17)38-2)33(28)22(26(36)37)14-18-16-29-21-9-5-3-7-19(18)21/h3-13,15-16,22,29,32,34-35H,14H2,1-2H3,(H,36,37)/b30-15+. The molecular weight excluding hydrogens is 486 g/mol. The van der Waals surface area contributed by atoms with Gasteiger partial charge in [-0.15, -0.1) is 5.10 Å². The van der Waals surface area contributed by atoms with E-state index in [-0.39, 0.29) is 29.6 Å². The average Bonchev–Trinajstić information content (AvgIpc) is 3.48. The molecule has 4 aromatic rings. The first-order valence-electron chi connectivity index (χ1n) is 11.9. The van der Waals surface area contributed by atoms with Gasteiger partial charge in [0.2, 0.25) is 5.96 Å². The van der Waals surface area contributed by atoms with Crippen LogP contribution in [0.3, 0.4) is 0 Å². The summed E-state index contributed by atoms with van der Waals surface area (Å²) in [6, 6.07) is 18.0. The van der Waals surface area contributed by atoms with Crippen LogP contribution in [-0.4, -0.2) is 56.5 Å². The van der Waals surface area contributed by atoms with Gasteiger partial charge in [0, 0.05) is 35.3 Å². The zero-order valence-electron chi connectivity index (χ0n) is 20.8. The number of aromatic nitrogens is 1. The Morgan fingerprint density at radius 2 is 1.89 bits per heavy atom. The third-order valence-corrected chi connectivity index (χ3v) is 6.72. The average molecular weight is 514 g/mol. The zero-order chi connectivity index (χ0) is 26.9. The Kier molecular flexibility index (Phi) is 6.38. The fraction of sp³-hybridized carbons (Fsp3) is 0.179. The third kappa shape index (κ3) is 4.36. The molecular formula is C28H27N5O5. The summed E-state index contributed by atoms with van der Waals surface area (Å²) in [5.74, 6) is -0.695. The number of benzene rings is 3. The van der Waals surface area contributed by atoms with Gasteiger partial charge in [0.05, 0.1) is 7.11 Å². The highest BCUT2D eigenvalue weighted by atomic mass is 16.5. The van der Waals surface area contributed by atoms with Crippen LogP contribution in [0.15, 0.2) is 83.0 Å². The predicted octanol–water partition coefficient (Wildman–Crippen LogP) is 3.75. The maximum absolute atomic E-state index is 12.8. The molecule has 5 rings (SSSR count). The molecule has 0 bridgehead atoms. The lowest BCUT2D eigenvalue weighted by atomic mass is 9.95. The normalized spacial score (nSPS) is 17.9. The molecule has 0 saturated heterocycles. The number of carboxylic acid groups (broad SMARTS) is 1. The number of hydrogen-bond acceptors (Lipinski definition) is 8. The van der Waals surface area contributed by atoms with Crippen LogP contribution in [0.5, 0.6) is 17.2 Å². The van der Waals surface area contributed by atoms with Crippen molar-refractivity contribution in [1.82, 2.24) is 15.3 Å². The molecule has 0 aliphatic carbocycles. The molecule has 3 aromatic carbocycles. The van der Waals surface area contributed by atoms with Crippen molar-refractivity contribution >= 4 is 29.0 Å². The van der Waals surface area contributed by atoms with Crippen LogP contribution in [0, 0.1) is 0 Å². The topological polar surface area (TPSA) is 143 Å². The van der Waals surface area contributed by atoms with Gasteiger partial charge in [0.15, 0.2) is 17.2 Å². The number of hydrazone groups is 1. The van der Waals surface area contributed by atoms with Crippen LogP contribution in [-0.2, 0) is 16.9 Å². The number of rotatable bonds is 7. The van der Waals surface area contributed by atoms with Crippen LogP contribution in [0.1, 0.15) is 23.6 Å². The van der Waals surface area contributed by atoms with E-state index in [9.17, 15) is 20.1 Å². The lowest BCUT2D eigenvalue weighted by Gasteiger charge is -2.39. The lowest BCUT2D eigenvalue weighted by molar-refractivity contribution is -0.143. The maximum atomic E-state index is 12.8. The molecule has 1 aliphatic heterocycles. The lowest BCUT2D eigenvalue weighted by Crippen LogP contribution is -2.56. The number of carbonyl (C=O) groups is 1. The summed E-state index contributed by atoms with van der Waals surface area (Å²) >= 11 is 0. The van der Waals surface area contributed by atoms with Crippen molar-refractivity contribution in [3.63, 3.8) is 0 Å². The number of carboxylic acids is 1. The molecule has 5 N–H and O–H groups in total. The second-order valence-corrected chi connectivity index (χ2v) is 9.09. The molecule has 38 heavy (non-hydrogen) atoms. The fourth-order valence-electron chi connectivity index (χ4n) is 4.79. The summed E-state index contributed by atoms with van der Waals surface area (Å²) in [6.07, 6.45) is 3.46. The smallest absolute Gasteiger partial charge is 0.326 e. The number of ether oxygens (including phenoxy) is 1. The van der Waals surface area contributed by atoms with Crippen molar-refractivity contribution in [3.8, 4) is 17.2 Å². The first-order chi connectivity index (χ1) is 18.3. The quantitative estimate of drug-likeness (QED) is 0.237. The summed E-state index contributed by atoms with van der Waals surface area (Å²) < 4.78 is 5.17. The van der Waals surface area contributed by atoms with E-state index in [1.807, 2.05) is 30.5 Å². The highest BCUT2D eigenvalue weighted by Gasteiger charge is 2.48.